The monoisotopic (exact) mass is 464 g/mol. The van der Waals surface area contributed by atoms with Crippen LogP contribution in [0.15, 0.2) is 37.5 Å². The SMILES string of the molecule is C=CCOC(=O)CC(=O)OCC=C.O=C(/C=C\C(=O)OC1CCCCC1)OC1CCCCC1. The van der Waals surface area contributed by atoms with E-state index in [1.807, 2.05) is 0 Å². The molecular weight excluding hydrogens is 428 g/mol. The summed E-state index contributed by atoms with van der Waals surface area (Å²) in [6.07, 6.45) is 15.6. The van der Waals surface area contributed by atoms with E-state index in [0.29, 0.717) is 0 Å². The molecular formula is C25H36O8. The van der Waals surface area contributed by atoms with Crippen LogP contribution in [-0.2, 0) is 38.1 Å². The highest BCUT2D eigenvalue weighted by atomic mass is 16.6. The molecule has 2 aliphatic rings. The van der Waals surface area contributed by atoms with Gasteiger partial charge in [0.1, 0.15) is 31.8 Å². The van der Waals surface area contributed by atoms with Crippen molar-refractivity contribution in [3.05, 3.63) is 37.5 Å². The third-order valence-corrected chi connectivity index (χ3v) is 5.04. The molecule has 0 aromatic rings. The largest absolute Gasteiger partial charge is 0.461 e. The number of hydrogen-bond acceptors (Lipinski definition) is 8. The Morgan fingerprint density at radius 3 is 1.33 bits per heavy atom. The molecule has 8 heteroatoms. The van der Waals surface area contributed by atoms with Crippen LogP contribution in [0.3, 0.4) is 0 Å². The molecule has 2 fully saturated rings. The molecule has 184 valence electrons. The minimum Gasteiger partial charge on any atom is -0.461 e. The predicted molar refractivity (Wildman–Crippen MR) is 122 cm³/mol. The number of esters is 4. The van der Waals surface area contributed by atoms with Gasteiger partial charge in [-0.05, 0) is 51.4 Å². The molecule has 0 aromatic heterocycles. The van der Waals surface area contributed by atoms with Gasteiger partial charge in [-0.15, -0.1) is 0 Å². The van der Waals surface area contributed by atoms with Gasteiger partial charge in [-0.1, -0.05) is 38.2 Å². The van der Waals surface area contributed by atoms with Gasteiger partial charge >= 0.3 is 23.9 Å². The van der Waals surface area contributed by atoms with E-state index in [1.54, 1.807) is 0 Å². The lowest BCUT2D eigenvalue weighted by atomic mass is 9.98. The zero-order valence-corrected chi connectivity index (χ0v) is 19.3. The molecule has 0 heterocycles. The van der Waals surface area contributed by atoms with Crippen LogP contribution in [0.2, 0.25) is 0 Å². The fourth-order valence-corrected chi connectivity index (χ4v) is 3.43. The zero-order chi connectivity index (χ0) is 24.3. The molecule has 8 nitrogen and oxygen atoms in total. The van der Waals surface area contributed by atoms with Crippen molar-refractivity contribution < 1.29 is 38.1 Å². The summed E-state index contributed by atoms with van der Waals surface area (Å²) in [4.78, 5) is 44.7. The Morgan fingerprint density at radius 1 is 0.636 bits per heavy atom. The van der Waals surface area contributed by atoms with Gasteiger partial charge < -0.3 is 18.9 Å². The van der Waals surface area contributed by atoms with Crippen LogP contribution in [0.25, 0.3) is 0 Å². The van der Waals surface area contributed by atoms with Crippen LogP contribution in [0.1, 0.15) is 70.6 Å². The molecule has 0 bridgehead atoms. The number of carbonyl (C=O) groups excluding carboxylic acids is 4. The highest BCUT2D eigenvalue weighted by molar-refractivity contribution is 5.92. The Balaban J connectivity index is 0.000000366. The van der Waals surface area contributed by atoms with Gasteiger partial charge in [0.25, 0.3) is 0 Å². The van der Waals surface area contributed by atoms with Crippen molar-refractivity contribution in [2.45, 2.75) is 82.8 Å². The summed E-state index contributed by atoms with van der Waals surface area (Å²) in [5.74, 6) is -2.10. The van der Waals surface area contributed by atoms with Crippen molar-refractivity contribution >= 4 is 23.9 Å². The highest BCUT2D eigenvalue weighted by Crippen LogP contribution is 2.21. The fourth-order valence-electron chi connectivity index (χ4n) is 3.43. The van der Waals surface area contributed by atoms with Gasteiger partial charge in [0.2, 0.25) is 0 Å². The Labute approximate surface area is 196 Å². The first kappa shape index (κ1) is 28.1. The molecule has 2 rings (SSSR count). The van der Waals surface area contributed by atoms with Crippen LogP contribution in [0.4, 0.5) is 0 Å². The van der Waals surface area contributed by atoms with E-state index in [4.69, 9.17) is 9.47 Å². The van der Waals surface area contributed by atoms with Gasteiger partial charge in [-0.3, -0.25) is 9.59 Å². The van der Waals surface area contributed by atoms with E-state index >= 15 is 0 Å². The molecule has 0 spiro atoms. The molecule has 0 atom stereocenters. The summed E-state index contributed by atoms with van der Waals surface area (Å²) >= 11 is 0. The molecule has 0 aliphatic heterocycles. The summed E-state index contributed by atoms with van der Waals surface area (Å²) in [5, 5.41) is 0. The van der Waals surface area contributed by atoms with Crippen LogP contribution < -0.4 is 0 Å². The maximum atomic E-state index is 11.6. The topological polar surface area (TPSA) is 105 Å². The minimum atomic E-state index is -0.617. The molecule has 0 saturated heterocycles. The van der Waals surface area contributed by atoms with Crippen LogP contribution in [-0.4, -0.2) is 49.3 Å². The number of carbonyl (C=O) groups is 4. The first-order valence-corrected chi connectivity index (χ1v) is 11.6. The summed E-state index contributed by atoms with van der Waals surface area (Å²) in [5.41, 5.74) is 0. The molecule has 2 aliphatic carbocycles. The number of ether oxygens (including phenoxy) is 4. The number of rotatable bonds is 10. The van der Waals surface area contributed by atoms with Crippen molar-refractivity contribution in [2.75, 3.05) is 13.2 Å². The van der Waals surface area contributed by atoms with Crippen molar-refractivity contribution in [2.24, 2.45) is 0 Å². The first-order chi connectivity index (χ1) is 15.9. The van der Waals surface area contributed by atoms with E-state index < -0.39 is 23.9 Å². The van der Waals surface area contributed by atoms with Crippen molar-refractivity contribution in [3.63, 3.8) is 0 Å². The Morgan fingerprint density at radius 2 is 1.00 bits per heavy atom. The average Bonchev–Trinajstić information content (AvgIpc) is 2.82. The molecule has 33 heavy (non-hydrogen) atoms. The minimum absolute atomic E-state index is 0.0234. The van der Waals surface area contributed by atoms with E-state index in [-0.39, 0.29) is 31.8 Å². The van der Waals surface area contributed by atoms with E-state index in [2.05, 4.69) is 22.6 Å². The lowest BCUT2D eigenvalue weighted by Gasteiger charge is -2.21. The average molecular weight is 465 g/mol. The normalized spacial score (nSPS) is 16.6. The van der Waals surface area contributed by atoms with E-state index in [9.17, 15) is 19.2 Å². The summed E-state index contributed by atoms with van der Waals surface area (Å²) in [7, 11) is 0. The standard InChI is InChI=1S/C16H24O4.C9H12O4/c17-15(19-13-7-3-1-4-8-13)11-12-16(18)20-14-9-5-2-6-10-14;1-3-5-12-8(10)7-9(11)13-6-4-2/h11-14H,1-10H2;3-4H,1-2,5-7H2/b12-11-;. The molecule has 0 amide bonds. The second-order valence-corrected chi connectivity index (χ2v) is 7.85. The summed E-state index contributed by atoms with van der Waals surface area (Å²) in [6, 6.07) is 0. The summed E-state index contributed by atoms with van der Waals surface area (Å²) < 4.78 is 19.7. The van der Waals surface area contributed by atoms with Crippen molar-refractivity contribution in [3.8, 4) is 0 Å². The maximum absolute atomic E-state index is 11.6. The summed E-state index contributed by atoms with van der Waals surface area (Å²) in [6.45, 7) is 6.92. The quantitative estimate of drug-likeness (QED) is 0.156. The van der Waals surface area contributed by atoms with Gasteiger partial charge in [0.15, 0.2) is 0 Å². The molecule has 0 aromatic carbocycles. The van der Waals surface area contributed by atoms with Gasteiger partial charge in [0, 0.05) is 12.2 Å². The first-order valence-electron chi connectivity index (χ1n) is 11.6. The van der Waals surface area contributed by atoms with Crippen LogP contribution in [0, 0.1) is 0 Å². The van der Waals surface area contributed by atoms with Crippen molar-refractivity contribution in [1.82, 2.24) is 0 Å². The smallest absolute Gasteiger partial charge is 0.331 e. The molecule has 2 saturated carbocycles. The predicted octanol–water partition coefficient (Wildman–Crippen LogP) is 4.13. The lowest BCUT2D eigenvalue weighted by molar-refractivity contribution is -0.153. The lowest BCUT2D eigenvalue weighted by Crippen LogP contribution is -2.21. The molecule has 0 unspecified atom stereocenters. The number of hydrogen-bond donors (Lipinski definition) is 0. The second-order valence-electron chi connectivity index (χ2n) is 7.85. The third-order valence-electron chi connectivity index (χ3n) is 5.04. The fraction of sp³-hybridized carbons (Fsp3) is 0.600. The van der Waals surface area contributed by atoms with E-state index in [1.165, 1.54) is 37.1 Å². The van der Waals surface area contributed by atoms with E-state index in [0.717, 1.165) is 51.4 Å². The van der Waals surface area contributed by atoms with Crippen molar-refractivity contribution in [1.29, 1.82) is 0 Å². The van der Waals surface area contributed by atoms with Crippen LogP contribution in [0.5, 0.6) is 0 Å². The Hall–Kier alpha value is -2.90. The third kappa shape index (κ3) is 14.7. The van der Waals surface area contributed by atoms with Crippen LogP contribution >= 0.6 is 0 Å². The zero-order valence-electron chi connectivity index (χ0n) is 19.3. The Bertz CT molecular complexity index is 614. The molecule has 0 N–H and O–H groups in total. The molecule has 0 radical (unpaired) electrons. The maximum Gasteiger partial charge on any atom is 0.331 e. The highest BCUT2D eigenvalue weighted by Gasteiger charge is 2.18. The second kappa shape index (κ2) is 17.6. The van der Waals surface area contributed by atoms with Gasteiger partial charge in [-0.25, -0.2) is 9.59 Å². The van der Waals surface area contributed by atoms with Gasteiger partial charge in [-0.2, -0.15) is 0 Å². The van der Waals surface area contributed by atoms with Gasteiger partial charge in [0.05, 0.1) is 0 Å². The Kier molecular flexibility index (Phi) is 15.0.